The molecule has 0 aliphatic carbocycles. The van der Waals surface area contributed by atoms with Crippen LogP contribution in [0.3, 0.4) is 0 Å². The Hall–Kier alpha value is -3.84. The molecule has 0 atom stereocenters. The topological polar surface area (TPSA) is 83.7 Å². The van der Waals surface area contributed by atoms with Gasteiger partial charge in [0.25, 0.3) is 5.91 Å². The zero-order valence-electron chi connectivity index (χ0n) is 17.4. The number of fused-ring (bicyclic) bond motifs is 1. The Morgan fingerprint density at radius 3 is 2.59 bits per heavy atom. The highest BCUT2D eigenvalue weighted by Gasteiger charge is 2.08. The Bertz CT molecular complexity index is 1300. The number of carbonyl (C=O) groups excluding carboxylic acids is 2. The minimum absolute atomic E-state index is 0.123. The van der Waals surface area contributed by atoms with Crippen LogP contribution in [0.2, 0.25) is 0 Å². The molecule has 0 saturated heterocycles. The molecular weight excluding hydrogens is 422 g/mol. The fraction of sp³-hybridized carbons (Fsp3) is 0.0800. The number of amides is 2. The van der Waals surface area contributed by atoms with Crippen molar-refractivity contribution in [1.29, 1.82) is 0 Å². The number of hydrazone groups is 1. The smallest absolute Gasteiger partial charge is 0.271 e. The van der Waals surface area contributed by atoms with E-state index in [2.05, 4.69) is 15.8 Å². The van der Waals surface area contributed by atoms with Crippen LogP contribution >= 0.6 is 11.8 Å². The molecule has 7 heteroatoms. The maximum absolute atomic E-state index is 12.3. The van der Waals surface area contributed by atoms with Crippen molar-refractivity contribution in [1.82, 2.24) is 5.43 Å². The molecule has 0 unspecified atom stereocenters. The van der Waals surface area contributed by atoms with Crippen molar-refractivity contribution in [3.05, 3.63) is 95.7 Å². The summed E-state index contributed by atoms with van der Waals surface area (Å²) in [5.41, 5.74) is 4.68. The number of nitrogens with zero attached hydrogens (tertiary/aromatic N) is 1. The van der Waals surface area contributed by atoms with Crippen LogP contribution in [-0.4, -0.2) is 23.8 Å². The first-order chi connectivity index (χ1) is 15.6. The van der Waals surface area contributed by atoms with Crippen LogP contribution in [0.25, 0.3) is 10.8 Å². The van der Waals surface area contributed by atoms with Crippen LogP contribution in [0.5, 0.6) is 0 Å². The first kappa shape index (κ1) is 21.4. The molecule has 160 valence electrons. The minimum Gasteiger partial charge on any atom is -0.449 e. The van der Waals surface area contributed by atoms with E-state index in [-0.39, 0.29) is 17.6 Å². The van der Waals surface area contributed by atoms with Gasteiger partial charge in [0.1, 0.15) is 5.76 Å². The molecule has 2 N–H and O–H groups in total. The molecule has 1 heterocycles. The summed E-state index contributed by atoms with van der Waals surface area (Å²) in [6.07, 6.45) is 1.43. The molecule has 2 amide bonds. The molecule has 3 aromatic carbocycles. The van der Waals surface area contributed by atoms with Crippen LogP contribution in [0.4, 0.5) is 5.69 Å². The Balaban J connectivity index is 1.27. The fourth-order valence-corrected chi connectivity index (χ4v) is 3.79. The molecule has 32 heavy (non-hydrogen) atoms. The second kappa shape index (κ2) is 9.98. The SMILES string of the molecule is Cc1ccccc1C(=O)N/N=C\c1ccc(SCC(=O)Nc2ccc3ccccc3c2)o1. The van der Waals surface area contributed by atoms with E-state index >= 15 is 0 Å². The van der Waals surface area contributed by atoms with E-state index in [1.807, 2.05) is 61.5 Å². The number of aryl methyl sites for hydroxylation is 1. The predicted octanol–water partition coefficient (Wildman–Crippen LogP) is 5.24. The molecule has 0 radical (unpaired) electrons. The van der Waals surface area contributed by atoms with Crippen molar-refractivity contribution in [2.45, 2.75) is 12.0 Å². The maximum Gasteiger partial charge on any atom is 0.271 e. The van der Waals surface area contributed by atoms with Gasteiger partial charge in [0.15, 0.2) is 5.09 Å². The summed E-state index contributed by atoms with van der Waals surface area (Å²) >= 11 is 1.28. The zero-order chi connectivity index (χ0) is 22.3. The van der Waals surface area contributed by atoms with E-state index in [1.54, 1.807) is 24.3 Å². The second-order valence-corrected chi connectivity index (χ2v) is 8.05. The highest BCUT2D eigenvalue weighted by Crippen LogP contribution is 2.22. The molecule has 6 nitrogen and oxygen atoms in total. The fourth-order valence-electron chi connectivity index (χ4n) is 3.12. The average molecular weight is 444 g/mol. The van der Waals surface area contributed by atoms with Gasteiger partial charge in [-0.05, 0) is 53.6 Å². The monoisotopic (exact) mass is 443 g/mol. The number of thioether (sulfide) groups is 1. The molecule has 0 aliphatic heterocycles. The summed E-state index contributed by atoms with van der Waals surface area (Å²) in [6, 6.07) is 24.6. The van der Waals surface area contributed by atoms with Crippen LogP contribution in [0.1, 0.15) is 21.7 Å². The summed E-state index contributed by atoms with van der Waals surface area (Å²) in [5.74, 6) is 0.279. The summed E-state index contributed by atoms with van der Waals surface area (Å²) in [6.45, 7) is 1.87. The Kier molecular flexibility index (Phi) is 6.67. The predicted molar refractivity (Wildman–Crippen MR) is 128 cm³/mol. The van der Waals surface area contributed by atoms with Gasteiger partial charge in [-0.1, -0.05) is 60.3 Å². The van der Waals surface area contributed by atoms with Gasteiger partial charge in [-0.2, -0.15) is 5.10 Å². The number of hydrogen-bond donors (Lipinski definition) is 2. The van der Waals surface area contributed by atoms with Gasteiger partial charge < -0.3 is 9.73 Å². The van der Waals surface area contributed by atoms with E-state index < -0.39 is 0 Å². The summed E-state index contributed by atoms with van der Waals surface area (Å²) in [7, 11) is 0. The number of benzene rings is 3. The quantitative estimate of drug-likeness (QED) is 0.233. The van der Waals surface area contributed by atoms with Gasteiger partial charge >= 0.3 is 0 Å². The Morgan fingerprint density at radius 1 is 0.969 bits per heavy atom. The van der Waals surface area contributed by atoms with E-state index in [1.165, 1.54) is 18.0 Å². The van der Waals surface area contributed by atoms with Crippen molar-refractivity contribution >= 4 is 46.3 Å². The Labute approximate surface area is 189 Å². The molecule has 1 aromatic heterocycles. The van der Waals surface area contributed by atoms with Gasteiger partial charge in [-0.3, -0.25) is 9.59 Å². The first-order valence-electron chi connectivity index (χ1n) is 9.99. The van der Waals surface area contributed by atoms with Gasteiger partial charge in [0.2, 0.25) is 5.91 Å². The summed E-state index contributed by atoms with van der Waals surface area (Å²) < 4.78 is 5.64. The minimum atomic E-state index is -0.286. The van der Waals surface area contributed by atoms with Gasteiger partial charge in [0.05, 0.1) is 12.0 Å². The largest absolute Gasteiger partial charge is 0.449 e. The number of carbonyl (C=O) groups is 2. The van der Waals surface area contributed by atoms with Crippen LogP contribution < -0.4 is 10.7 Å². The molecule has 4 aromatic rings. The van der Waals surface area contributed by atoms with Crippen molar-refractivity contribution in [3.8, 4) is 0 Å². The van der Waals surface area contributed by atoms with Crippen molar-refractivity contribution in [2.75, 3.05) is 11.1 Å². The number of rotatable bonds is 7. The normalized spacial score (nSPS) is 11.0. The number of anilines is 1. The first-order valence-corrected chi connectivity index (χ1v) is 11.0. The summed E-state index contributed by atoms with van der Waals surface area (Å²) in [4.78, 5) is 24.4. The second-order valence-electron chi connectivity index (χ2n) is 7.07. The molecule has 0 fully saturated rings. The molecular formula is C25H21N3O3S. The lowest BCUT2D eigenvalue weighted by Gasteiger charge is -2.06. The molecule has 4 rings (SSSR count). The molecule has 0 bridgehead atoms. The lowest BCUT2D eigenvalue weighted by Crippen LogP contribution is -2.18. The number of furan rings is 1. The van der Waals surface area contributed by atoms with Crippen LogP contribution in [-0.2, 0) is 4.79 Å². The van der Waals surface area contributed by atoms with E-state index in [0.717, 1.165) is 22.0 Å². The third-order valence-corrected chi connectivity index (χ3v) is 5.64. The third-order valence-electron chi connectivity index (χ3n) is 4.73. The third kappa shape index (κ3) is 5.44. The van der Waals surface area contributed by atoms with E-state index in [9.17, 15) is 9.59 Å². The number of hydrogen-bond acceptors (Lipinski definition) is 5. The Morgan fingerprint density at radius 2 is 1.75 bits per heavy atom. The molecule has 0 saturated carbocycles. The zero-order valence-corrected chi connectivity index (χ0v) is 18.2. The van der Waals surface area contributed by atoms with Crippen LogP contribution in [0, 0.1) is 6.92 Å². The van der Waals surface area contributed by atoms with Crippen molar-refractivity contribution < 1.29 is 14.0 Å². The number of nitrogens with one attached hydrogen (secondary N) is 2. The highest BCUT2D eigenvalue weighted by atomic mass is 32.2. The lowest BCUT2D eigenvalue weighted by atomic mass is 10.1. The van der Waals surface area contributed by atoms with E-state index in [0.29, 0.717) is 16.4 Å². The molecule has 0 aliphatic rings. The summed E-state index contributed by atoms with van der Waals surface area (Å²) in [5, 5.41) is 9.63. The van der Waals surface area contributed by atoms with Gasteiger partial charge in [0, 0.05) is 11.3 Å². The van der Waals surface area contributed by atoms with Gasteiger partial charge in [-0.25, -0.2) is 5.43 Å². The average Bonchev–Trinajstić information content (AvgIpc) is 3.25. The van der Waals surface area contributed by atoms with Crippen molar-refractivity contribution in [3.63, 3.8) is 0 Å². The standard InChI is InChI=1S/C25H21N3O3S/c1-17-6-2-5-9-22(17)25(30)28-26-15-21-12-13-24(31-21)32-16-23(29)27-20-11-10-18-7-3-4-8-19(18)14-20/h2-15H,16H2,1H3,(H,27,29)(H,28,30)/b26-15-. The maximum atomic E-state index is 12.3. The molecule has 0 spiro atoms. The highest BCUT2D eigenvalue weighted by molar-refractivity contribution is 7.99. The van der Waals surface area contributed by atoms with Crippen LogP contribution in [0.15, 0.2) is 93.5 Å². The van der Waals surface area contributed by atoms with Crippen molar-refractivity contribution in [2.24, 2.45) is 5.10 Å². The van der Waals surface area contributed by atoms with E-state index in [4.69, 9.17) is 4.42 Å². The van der Waals surface area contributed by atoms with Gasteiger partial charge in [-0.15, -0.1) is 0 Å². The lowest BCUT2D eigenvalue weighted by molar-refractivity contribution is -0.113.